The molecule has 2 rings (SSSR count). The second kappa shape index (κ2) is 7.92. The van der Waals surface area contributed by atoms with Crippen LogP contribution in [0, 0.1) is 15.9 Å². The molecule has 0 atom stereocenters. The Labute approximate surface area is 153 Å². The molecular formula is C16H16BrFN2O4S. The van der Waals surface area contributed by atoms with Gasteiger partial charge in [-0.05, 0) is 42.7 Å². The van der Waals surface area contributed by atoms with Crippen molar-refractivity contribution in [3.8, 4) is 0 Å². The van der Waals surface area contributed by atoms with Crippen molar-refractivity contribution in [1.82, 2.24) is 0 Å². The quantitative estimate of drug-likeness (QED) is 0.408. The van der Waals surface area contributed by atoms with Gasteiger partial charge >= 0.3 is 0 Å². The Morgan fingerprint density at radius 1 is 1.24 bits per heavy atom. The highest BCUT2D eigenvalue weighted by Gasteiger charge is 2.22. The van der Waals surface area contributed by atoms with Crippen LogP contribution in [0.5, 0.6) is 0 Å². The molecule has 0 amide bonds. The number of anilines is 1. The lowest BCUT2D eigenvalue weighted by atomic mass is 10.1. The van der Waals surface area contributed by atoms with E-state index in [2.05, 4.69) is 21.2 Å². The van der Waals surface area contributed by atoms with E-state index in [4.69, 9.17) is 0 Å². The van der Waals surface area contributed by atoms with Gasteiger partial charge in [0.15, 0.2) is 9.84 Å². The number of aryl methyl sites for hydroxylation is 1. The van der Waals surface area contributed by atoms with Crippen LogP contribution in [-0.2, 0) is 16.3 Å². The van der Waals surface area contributed by atoms with Gasteiger partial charge < -0.3 is 5.32 Å². The van der Waals surface area contributed by atoms with E-state index in [0.29, 0.717) is 35.1 Å². The van der Waals surface area contributed by atoms with Crippen molar-refractivity contribution >= 4 is 37.1 Å². The summed E-state index contributed by atoms with van der Waals surface area (Å²) in [7, 11) is -3.72. The van der Waals surface area contributed by atoms with E-state index in [1.54, 1.807) is 12.1 Å². The van der Waals surface area contributed by atoms with E-state index in [-0.39, 0.29) is 10.7 Å². The molecule has 2 aromatic carbocycles. The van der Waals surface area contributed by atoms with Crippen LogP contribution in [0.15, 0.2) is 45.8 Å². The lowest BCUT2D eigenvalue weighted by Crippen LogP contribution is -2.07. The van der Waals surface area contributed by atoms with Gasteiger partial charge in [-0.3, -0.25) is 10.1 Å². The maximum Gasteiger partial charge on any atom is 0.288 e. The van der Waals surface area contributed by atoms with Crippen molar-refractivity contribution in [2.24, 2.45) is 0 Å². The van der Waals surface area contributed by atoms with Crippen LogP contribution in [0.25, 0.3) is 0 Å². The van der Waals surface area contributed by atoms with Crippen molar-refractivity contribution in [3.05, 3.63) is 62.4 Å². The average molecular weight is 431 g/mol. The molecule has 0 aliphatic heterocycles. The molecule has 134 valence electrons. The highest BCUT2D eigenvalue weighted by Crippen LogP contribution is 2.27. The zero-order valence-corrected chi connectivity index (χ0v) is 15.7. The number of nitrogens with zero attached hydrogens (tertiary/aromatic N) is 1. The molecule has 0 aromatic heterocycles. The minimum Gasteiger partial charge on any atom is -0.385 e. The van der Waals surface area contributed by atoms with E-state index < -0.39 is 20.4 Å². The predicted molar refractivity (Wildman–Crippen MR) is 97.1 cm³/mol. The molecule has 0 heterocycles. The third kappa shape index (κ3) is 5.23. The molecule has 6 nitrogen and oxygen atoms in total. The number of benzene rings is 2. The van der Waals surface area contributed by atoms with Gasteiger partial charge in [0.05, 0.1) is 4.92 Å². The van der Waals surface area contributed by atoms with Gasteiger partial charge in [0, 0.05) is 29.0 Å². The average Bonchev–Trinajstić information content (AvgIpc) is 2.52. The summed E-state index contributed by atoms with van der Waals surface area (Å²) in [6.45, 7) is 0.469. The topological polar surface area (TPSA) is 89.3 Å². The Balaban J connectivity index is 2.02. The fourth-order valence-corrected chi connectivity index (χ4v) is 3.50. The smallest absolute Gasteiger partial charge is 0.288 e. The highest BCUT2D eigenvalue weighted by atomic mass is 79.9. The molecule has 1 N–H and O–H groups in total. The molecule has 0 saturated heterocycles. The molecule has 0 aliphatic carbocycles. The van der Waals surface area contributed by atoms with Gasteiger partial charge in [-0.1, -0.05) is 22.0 Å². The van der Waals surface area contributed by atoms with Crippen molar-refractivity contribution in [1.29, 1.82) is 0 Å². The third-order valence-electron chi connectivity index (χ3n) is 3.52. The molecule has 0 bridgehead atoms. The van der Waals surface area contributed by atoms with Crippen molar-refractivity contribution in [2.75, 3.05) is 18.1 Å². The van der Waals surface area contributed by atoms with E-state index in [1.807, 2.05) is 0 Å². The zero-order valence-electron chi connectivity index (χ0n) is 13.3. The normalized spacial score (nSPS) is 11.3. The number of rotatable bonds is 7. The SMILES string of the molecule is CS(=O)(=O)c1cc(NCCCc2ccc(Br)cc2F)ccc1[N+](=O)[O-]. The number of nitro groups is 1. The Kier molecular flexibility index (Phi) is 6.12. The Hall–Kier alpha value is -2.00. The zero-order chi connectivity index (χ0) is 18.6. The maximum atomic E-state index is 13.7. The number of sulfone groups is 1. The van der Waals surface area contributed by atoms with Crippen LogP contribution in [0.1, 0.15) is 12.0 Å². The van der Waals surface area contributed by atoms with Crippen molar-refractivity contribution in [2.45, 2.75) is 17.7 Å². The standard InChI is InChI=1S/C16H16BrFN2O4S/c1-25(23,24)16-10-13(6-7-15(16)20(21)22)19-8-2-3-11-4-5-12(17)9-14(11)18/h4-7,9-10,19H,2-3,8H2,1H3. The Morgan fingerprint density at radius 3 is 2.56 bits per heavy atom. The van der Waals surface area contributed by atoms with E-state index in [1.165, 1.54) is 18.2 Å². The minimum atomic E-state index is -3.72. The molecule has 2 aromatic rings. The molecule has 0 fully saturated rings. The van der Waals surface area contributed by atoms with Gasteiger partial charge in [-0.25, -0.2) is 12.8 Å². The molecule has 9 heteroatoms. The summed E-state index contributed by atoms with van der Waals surface area (Å²) in [6.07, 6.45) is 2.05. The first-order chi connectivity index (χ1) is 11.7. The van der Waals surface area contributed by atoms with Crippen molar-refractivity contribution in [3.63, 3.8) is 0 Å². The summed E-state index contributed by atoms with van der Waals surface area (Å²) in [5, 5.41) is 13.9. The van der Waals surface area contributed by atoms with Gasteiger partial charge in [0.1, 0.15) is 10.7 Å². The first kappa shape index (κ1) is 19.3. The number of halogens is 2. The molecule has 0 aliphatic rings. The molecular weight excluding hydrogens is 415 g/mol. The number of nitrogens with one attached hydrogen (secondary N) is 1. The number of nitro benzene ring substituents is 1. The summed E-state index contributed by atoms with van der Waals surface area (Å²) < 4.78 is 37.8. The Bertz CT molecular complexity index is 903. The van der Waals surface area contributed by atoms with E-state index in [0.717, 1.165) is 12.3 Å². The summed E-state index contributed by atoms with van der Waals surface area (Å²) in [5.41, 5.74) is 0.595. The lowest BCUT2D eigenvalue weighted by molar-refractivity contribution is -0.387. The highest BCUT2D eigenvalue weighted by molar-refractivity contribution is 9.10. The molecule has 0 saturated carbocycles. The van der Waals surface area contributed by atoms with E-state index in [9.17, 15) is 22.9 Å². The second-order valence-corrected chi connectivity index (χ2v) is 8.38. The minimum absolute atomic E-state index is 0.288. The fourth-order valence-electron chi connectivity index (χ4n) is 2.31. The number of hydrogen-bond donors (Lipinski definition) is 1. The third-order valence-corrected chi connectivity index (χ3v) is 5.14. The number of hydrogen-bond acceptors (Lipinski definition) is 5. The lowest BCUT2D eigenvalue weighted by Gasteiger charge is -2.09. The molecule has 25 heavy (non-hydrogen) atoms. The summed E-state index contributed by atoms with van der Waals surface area (Å²) in [6, 6.07) is 8.72. The van der Waals surface area contributed by atoms with Crippen LogP contribution < -0.4 is 5.32 Å². The summed E-state index contributed by atoms with van der Waals surface area (Å²) in [5.74, 6) is -0.288. The predicted octanol–water partition coefficient (Wildman–Crippen LogP) is 3.94. The largest absolute Gasteiger partial charge is 0.385 e. The maximum absolute atomic E-state index is 13.7. The summed E-state index contributed by atoms with van der Waals surface area (Å²) in [4.78, 5) is 9.88. The van der Waals surface area contributed by atoms with Crippen molar-refractivity contribution < 1.29 is 17.7 Å². The van der Waals surface area contributed by atoms with Gasteiger partial charge in [-0.15, -0.1) is 0 Å². The first-order valence-corrected chi connectivity index (χ1v) is 10.0. The van der Waals surface area contributed by atoms with Crippen LogP contribution in [0.3, 0.4) is 0 Å². The monoisotopic (exact) mass is 430 g/mol. The van der Waals surface area contributed by atoms with Gasteiger partial charge in [0.2, 0.25) is 0 Å². The van der Waals surface area contributed by atoms with Gasteiger partial charge in [0.25, 0.3) is 5.69 Å². The van der Waals surface area contributed by atoms with Crippen LogP contribution in [0.4, 0.5) is 15.8 Å². The fraction of sp³-hybridized carbons (Fsp3) is 0.250. The molecule has 0 spiro atoms. The van der Waals surface area contributed by atoms with Crippen LogP contribution in [0.2, 0.25) is 0 Å². The Morgan fingerprint density at radius 2 is 1.96 bits per heavy atom. The second-order valence-electron chi connectivity index (χ2n) is 5.48. The molecule has 0 unspecified atom stereocenters. The van der Waals surface area contributed by atoms with Crippen LogP contribution >= 0.6 is 15.9 Å². The van der Waals surface area contributed by atoms with Crippen LogP contribution in [-0.4, -0.2) is 26.1 Å². The molecule has 0 radical (unpaired) electrons. The summed E-state index contributed by atoms with van der Waals surface area (Å²) >= 11 is 3.20. The first-order valence-electron chi connectivity index (χ1n) is 7.35. The van der Waals surface area contributed by atoms with Gasteiger partial charge in [-0.2, -0.15) is 0 Å². The van der Waals surface area contributed by atoms with E-state index >= 15 is 0 Å².